The van der Waals surface area contributed by atoms with E-state index in [2.05, 4.69) is 56.1 Å². The van der Waals surface area contributed by atoms with Gasteiger partial charge in [-0.2, -0.15) is 0 Å². The van der Waals surface area contributed by atoms with Gasteiger partial charge in [-0.15, -0.1) is 0 Å². The zero-order valence-corrected chi connectivity index (χ0v) is 31.5. The van der Waals surface area contributed by atoms with Crippen molar-refractivity contribution in [2.24, 2.45) is 35.3 Å². The Morgan fingerprint density at radius 2 is 1.51 bits per heavy atom. The molecular formula is C41H77FN5+. The first-order valence-corrected chi connectivity index (χ1v) is 20.5. The molecule has 3 heterocycles. The fourth-order valence-electron chi connectivity index (χ4n) is 8.87. The molecule has 0 amide bonds. The van der Waals surface area contributed by atoms with Crippen LogP contribution in [0.3, 0.4) is 0 Å². The Bertz CT molecular complexity index is 915. The molecule has 5 aliphatic rings. The van der Waals surface area contributed by atoms with Gasteiger partial charge < -0.3 is 10.2 Å². The summed E-state index contributed by atoms with van der Waals surface area (Å²) in [6, 6.07) is 0.784. The van der Waals surface area contributed by atoms with E-state index >= 15 is 4.39 Å². The summed E-state index contributed by atoms with van der Waals surface area (Å²) in [7, 11) is 2.36. The molecule has 3 N–H and O–H groups in total. The smallest absolute Gasteiger partial charge is 0.200 e. The van der Waals surface area contributed by atoms with E-state index < -0.39 is 6.17 Å². The van der Waals surface area contributed by atoms with Crippen molar-refractivity contribution < 1.29 is 8.87 Å². The molecule has 6 unspecified atom stereocenters. The third kappa shape index (κ3) is 11.7. The first-order valence-electron chi connectivity index (χ1n) is 20.5. The van der Waals surface area contributed by atoms with Gasteiger partial charge in [-0.1, -0.05) is 105 Å². The van der Waals surface area contributed by atoms with Gasteiger partial charge in [0.2, 0.25) is 0 Å². The van der Waals surface area contributed by atoms with E-state index in [0.717, 1.165) is 73.4 Å². The van der Waals surface area contributed by atoms with Crippen molar-refractivity contribution in [1.82, 2.24) is 15.1 Å². The van der Waals surface area contributed by atoms with Gasteiger partial charge in [-0.3, -0.25) is 10.2 Å². The summed E-state index contributed by atoms with van der Waals surface area (Å²) in [5.74, 6) is 3.01. The van der Waals surface area contributed by atoms with Crippen LogP contribution >= 0.6 is 0 Å². The van der Waals surface area contributed by atoms with Crippen molar-refractivity contribution in [3.63, 3.8) is 0 Å². The molecular weight excluding hydrogens is 581 g/mol. The van der Waals surface area contributed by atoms with Crippen LogP contribution < -0.4 is 11.1 Å². The van der Waals surface area contributed by atoms with Crippen molar-refractivity contribution in [2.45, 2.75) is 161 Å². The number of nitrogens with one attached hydrogen (secondary N) is 1. The third-order valence-corrected chi connectivity index (χ3v) is 13.3. The third-order valence-electron chi connectivity index (χ3n) is 13.3. The fourth-order valence-corrected chi connectivity index (χ4v) is 8.87. The summed E-state index contributed by atoms with van der Waals surface area (Å²) in [6.45, 7) is 22.2. The van der Waals surface area contributed by atoms with Crippen LogP contribution in [-0.2, 0) is 0 Å². The Kier molecular flexibility index (Phi) is 15.9. The number of likely N-dealkylation sites (N-methyl/N-ethyl adjacent to an activating group) is 1. The molecule has 2 aliphatic carbocycles. The molecule has 3 saturated heterocycles. The number of halogens is 1. The highest BCUT2D eigenvalue weighted by Gasteiger charge is 2.56. The van der Waals surface area contributed by atoms with Gasteiger partial charge in [-0.25, -0.2) is 9.29 Å². The van der Waals surface area contributed by atoms with Crippen LogP contribution in [-0.4, -0.2) is 79.1 Å². The number of likely N-dealkylation sites (tertiary alicyclic amines) is 2. The average molecular weight is 659 g/mol. The van der Waals surface area contributed by atoms with Crippen molar-refractivity contribution >= 4 is 0 Å². The second-order valence-corrected chi connectivity index (χ2v) is 16.9. The predicted molar refractivity (Wildman–Crippen MR) is 199 cm³/mol. The Hall–Kier alpha value is -1.11. The minimum absolute atomic E-state index is 0.171. The summed E-state index contributed by atoms with van der Waals surface area (Å²) < 4.78 is 16.3. The topological polar surface area (TPSA) is 44.5 Å². The minimum atomic E-state index is -0.654. The van der Waals surface area contributed by atoms with E-state index in [1.807, 2.05) is 0 Å². The number of hydrogen-bond acceptors (Lipinski definition) is 4. The van der Waals surface area contributed by atoms with Crippen LogP contribution in [0.4, 0.5) is 4.39 Å². The highest BCUT2D eigenvalue weighted by Crippen LogP contribution is 2.39. The minimum Gasteiger partial charge on any atom is -0.389 e. The normalized spacial score (nSPS) is 30.6. The summed E-state index contributed by atoms with van der Waals surface area (Å²) >= 11 is 0. The fraction of sp³-hybridized carbons (Fsp3) is 0.902. The first-order chi connectivity index (χ1) is 22.7. The van der Waals surface area contributed by atoms with E-state index in [0.29, 0.717) is 11.8 Å². The molecule has 6 heteroatoms. The number of hydrogen-bond donors (Lipinski definition) is 2. The zero-order chi connectivity index (χ0) is 33.8. The molecule has 0 spiro atoms. The van der Waals surface area contributed by atoms with Gasteiger partial charge in [0.1, 0.15) is 18.8 Å². The van der Waals surface area contributed by atoms with E-state index in [1.165, 1.54) is 122 Å². The van der Waals surface area contributed by atoms with E-state index in [-0.39, 0.29) is 12.2 Å². The van der Waals surface area contributed by atoms with E-state index in [1.54, 1.807) is 0 Å². The lowest BCUT2D eigenvalue weighted by atomic mass is 9.76. The number of piperidine rings is 1. The molecule has 47 heavy (non-hydrogen) atoms. The lowest BCUT2D eigenvalue weighted by Gasteiger charge is -2.44. The summed E-state index contributed by atoms with van der Waals surface area (Å²) in [4.78, 5) is 4.96. The molecule has 0 aromatic rings. The maximum absolute atomic E-state index is 15.3. The van der Waals surface area contributed by atoms with Crippen LogP contribution in [0.5, 0.6) is 0 Å². The SMILES string of the molecule is C1CCC1.C=C(CC1CN(C(=C)CC2CCC(CCCCC3CCN(C(N)[N+]4(C)CC4CCC)CC3)CC2F)C1)NCC(CC)CC. The van der Waals surface area contributed by atoms with Crippen molar-refractivity contribution in [2.75, 3.05) is 46.3 Å². The number of quaternary nitrogens is 1. The quantitative estimate of drug-likeness (QED) is 0.0825. The van der Waals surface area contributed by atoms with Crippen LogP contribution in [0.15, 0.2) is 24.6 Å². The molecule has 6 atom stereocenters. The average Bonchev–Trinajstić information content (AvgIpc) is 3.68. The Morgan fingerprint density at radius 3 is 2.09 bits per heavy atom. The number of allylic oxidation sites excluding steroid dienone is 2. The lowest BCUT2D eigenvalue weighted by Crippen LogP contribution is -2.57. The highest BCUT2D eigenvalue weighted by atomic mass is 19.1. The molecule has 2 saturated carbocycles. The second kappa shape index (κ2) is 19.3. The zero-order valence-electron chi connectivity index (χ0n) is 31.5. The molecule has 5 rings (SSSR count). The summed E-state index contributed by atoms with van der Waals surface area (Å²) in [5, 5.41) is 3.56. The van der Waals surface area contributed by atoms with E-state index in [4.69, 9.17) is 5.73 Å². The van der Waals surface area contributed by atoms with Gasteiger partial charge in [-0.05, 0) is 74.5 Å². The number of alkyl halides is 1. The number of rotatable bonds is 19. The largest absolute Gasteiger partial charge is 0.389 e. The highest BCUT2D eigenvalue weighted by molar-refractivity contribution is 5.06. The lowest BCUT2D eigenvalue weighted by molar-refractivity contribution is -0.835. The van der Waals surface area contributed by atoms with Crippen molar-refractivity contribution in [1.29, 1.82) is 0 Å². The Labute approximate surface area is 290 Å². The van der Waals surface area contributed by atoms with Crippen molar-refractivity contribution in [3.05, 3.63) is 24.6 Å². The van der Waals surface area contributed by atoms with Gasteiger partial charge >= 0.3 is 0 Å². The number of unbranched alkanes of at least 4 members (excludes halogenated alkanes) is 1. The van der Waals surface area contributed by atoms with Crippen LogP contribution in [0.1, 0.15) is 143 Å². The molecule has 0 bridgehead atoms. The Morgan fingerprint density at radius 1 is 0.872 bits per heavy atom. The maximum atomic E-state index is 15.3. The molecule has 0 aromatic carbocycles. The van der Waals surface area contributed by atoms with Gasteiger partial charge in [0.25, 0.3) is 0 Å². The maximum Gasteiger partial charge on any atom is 0.200 e. The van der Waals surface area contributed by atoms with Gasteiger partial charge in [0.05, 0.1) is 7.05 Å². The summed E-state index contributed by atoms with van der Waals surface area (Å²) in [5.41, 5.74) is 9.07. The van der Waals surface area contributed by atoms with Crippen LogP contribution in [0.2, 0.25) is 0 Å². The van der Waals surface area contributed by atoms with Crippen LogP contribution in [0, 0.1) is 29.6 Å². The molecule has 0 radical (unpaired) electrons. The van der Waals surface area contributed by atoms with Gasteiger partial charge in [0.15, 0.2) is 6.29 Å². The standard InChI is InChI=1S/C37H69FN5.C4H8/c1-7-12-35-27-43(35,6)37(39)41-19-17-31(18-20-41)13-10-11-14-32-15-16-34(36(38)23-32)22-29(5)42-25-33(26-42)21-28(4)40-24-30(8-2)9-3;1-2-4-3-1/h30-37,40H,4-5,7-27,39H2,1-3,6H3;1-4H2/q+1;. The molecule has 3 aliphatic heterocycles. The van der Waals surface area contributed by atoms with Gasteiger partial charge in [0, 0.05) is 50.5 Å². The number of nitrogens with zero attached hydrogens (tertiary/aromatic N) is 3. The Balaban J connectivity index is 0.00000116. The van der Waals surface area contributed by atoms with E-state index in [9.17, 15) is 0 Å². The summed E-state index contributed by atoms with van der Waals surface area (Å²) in [6.07, 6.45) is 23.2. The van der Waals surface area contributed by atoms with Crippen molar-refractivity contribution in [3.8, 4) is 0 Å². The molecule has 5 nitrogen and oxygen atoms in total. The molecule has 272 valence electrons. The predicted octanol–water partition coefficient (Wildman–Crippen LogP) is 9.21. The monoisotopic (exact) mass is 659 g/mol. The second-order valence-electron chi connectivity index (χ2n) is 16.9. The van der Waals surface area contributed by atoms with Crippen LogP contribution in [0.25, 0.3) is 0 Å². The molecule has 5 fully saturated rings. The number of nitrogens with two attached hydrogens (primary N) is 1. The first kappa shape index (κ1) is 38.7. The molecule has 0 aromatic heterocycles.